The van der Waals surface area contributed by atoms with Crippen LogP contribution in [-0.4, -0.2) is 46.4 Å². The first-order valence-electron chi connectivity index (χ1n) is 6.18. The molecule has 0 radical (unpaired) electrons. The zero-order chi connectivity index (χ0) is 13.1. The van der Waals surface area contributed by atoms with Gasteiger partial charge in [-0.3, -0.25) is 9.78 Å². The van der Waals surface area contributed by atoms with E-state index in [4.69, 9.17) is 0 Å². The second-order valence-electron chi connectivity index (χ2n) is 4.65. The Kier molecular flexibility index (Phi) is 4.11. The Balaban J connectivity index is 2.14. The summed E-state index contributed by atoms with van der Waals surface area (Å²) in [6.07, 6.45) is 1.67. The van der Waals surface area contributed by atoms with Gasteiger partial charge in [0, 0.05) is 42.5 Å². The van der Waals surface area contributed by atoms with Gasteiger partial charge in [0.05, 0.1) is 0 Å². The van der Waals surface area contributed by atoms with Gasteiger partial charge in [0.15, 0.2) is 0 Å². The van der Waals surface area contributed by atoms with Gasteiger partial charge in [-0.1, -0.05) is 13.8 Å². The van der Waals surface area contributed by atoms with Gasteiger partial charge in [0.25, 0.3) is 5.91 Å². The molecule has 1 fully saturated rings. The molecule has 0 aromatic carbocycles. The molecule has 0 bridgehead atoms. The summed E-state index contributed by atoms with van der Waals surface area (Å²) in [7, 11) is 1.84. The first kappa shape index (κ1) is 13.2. The Morgan fingerprint density at radius 3 is 2.72 bits per heavy atom. The van der Waals surface area contributed by atoms with Crippen LogP contribution in [-0.2, 0) is 0 Å². The number of thioether (sulfide) groups is 1. The molecule has 1 N–H and O–H groups in total. The first-order chi connectivity index (χ1) is 8.60. The van der Waals surface area contributed by atoms with Crippen molar-refractivity contribution in [3.05, 3.63) is 24.0 Å². The van der Waals surface area contributed by atoms with Crippen LogP contribution >= 0.6 is 11.8 Å². The monoisotopic (exact) mass is 265 g/mol. The van der Waals surface area contributed by atoms with Crippen molar-refractivity contribution in [1.82, 2.24) is 9.88 Å². The normalized spacial score (nSPS) is 23.8. The Labute approximate surface area is 112 Å². The van der Waals surface area contributed by atoms with Gasteiger partial charge in [-0.25, -0.2) is 0 Å². The molecule has 1 saturated heterocycles. The highest BCUT2D eigenvalue weighted by Gasteiger charge is 2.27. The lowest BCUT2D eigenvalue weighted by atomic mass is 10.2. The zero-order valence-electron chi connectivity index (χ0n) is 11.0. The lowest BCUT2D eigenvalue weighted by molar-refractivity contribution is 0.0747. The summed E-state index contributed by atoms with van der Waals surface area (Å²) in [6, 6.07) is 3.66. The van der Waals surface area contributed by atoms with E-state index in [9.17, 15) is 4.79 Å². The molecule has 2 heterocycles. The zero-order valence-corrected chi connectivity index (χ0v) is 11.8. The summed E-state index contributed by atoms with van der Waals surface area (Å²) in [5.74, 6) is 0.0334. The molecule has 2 unspecified atom stereocenters. The van der Waals surface area contributed by atoms with Crippen LogP contribution in [0.2, 0.25) is 0 Å². The van der Waals surface area contributed by atoms with Crippen LogP contribution in [0.3, 0.4) is 0 Å². The van der Waals surface area contributed by atoms with Gasteiger partial charge >= 0.3 is 0 Å². The number of hydrogen-bond acceptors (Lipinski definition) is 4. The summed E-state index contributed by atoms with van der Waals surface area (Å²) < 4.78 is 0. The van der Waals surface area contributed by atoms with Crippen LogP contribution in [0.1, 0.15) is 24.3 Å². The SMILES string of the molecule is CNc1ccnc(C(=O)N2CC(C)SC(C)C2)c1. The molecule has 2 rings (SSSR count). The fourth-order valence-corrected chi connectivity index (χ4v) is 3.53. The molecule has 1 aliphatic rings. The maximum atomic E-state index is 12.4. The van der Waals surface area contributed by atoms with E-state index >= 15 is 0 Å². The van der Waals surface area contributed by atoms with Gasteiger partial charge in [-0.05, 0) is 12.1 Å². The van der Waals surface area contributed by atoms with Gasteiger partial charge in [-0.2, -0.15) is 11.8 Å². The van der Waals surface area contributed by atoms with Crippen LogP contribution in [0.5, 0.6) is 0 Å². The third-order valence-corrected chi connectivity index (χ3v) is 4.20. The van der Waals surface area contributed by atoms with E-state index in [0.717, 1.165) is 18.8 Å². The number of anilines is 1. The molecular formula is C13H19N3OS. The number of carbonyl (C=O) groups is 1. The van der Waals surface area contributed by atoms with Gasteiger partial charge in [0.2, 0.25) is 0 Å². The third-order valence-electron chi connectivity index (χ3n) is 2.97. The van der Waals surface area contributed by atoms with E-state index in [1.807, 2.05) is 29.8 Å². The van der Waals surface area contributed by atoms with Crippen molar-refractivity contribution in [2.24, 2.45) is 0 Å². The molecule has 1 aromatic rings. The second-order valence-corrected chi connectivity index (χ2v) is 6.53. The van der Waals surface area contributed by atoms with E-state index < -0.39 is 0 Å². The molecule has 4 nitrogen and oxygen atoms in total. The second kappa shape index (κ2) is 5.61. The maximum absolute atomic E-state index is 12.4. The number of pyridine rings is 1. The third kappa shape index (κ3) is 2.96. The fraction of sp³-hybridized carbons (Fsp3) is 0.538. The number of aromatic nitrogens is 1. The van der Waals surface area contributed by atoms with Crippen molar-refractivity contribution in [3.8, 4) is 0 Å². The van der Waals surface area contributed by atoms with Crippen molar-refractivity contribution in [1.29, 1.82) is 0 Å². The molecule has 1 aromatic heterocycles. The number of nitrogens with one attached hydrogen (secondary N) is 1. The summed E-state index contributed by atoms with van der Waals surface area (Å²) >= 11 is 1.94. The molecule has 1 aliphatic heterocycles. The minimum absolute atomic E-state index is 0.0334. The summed E-state index contributed by atoms with van der Waals surface area (Å²) in [5, 5.41) is 4.01. The Morgan fingerprint density at radius 2 is 2.11 bits per heavy atom. The van der Waals surface area contributed by atoms with Crippen molar-refractivity contribution in [2.45, 2.75) is 24.3 Å². The minimum Gasteiger partial charge on any atom is -0.388 e. The Morgan fingerprint density at radius 1 is 1.44 bits per heavy atom. The number of carbonyl (C=O) groups excluding carboxylic acids is 1. The van der Waals surface area contributed by atoms with Crippen molar-refractivity contribution in [3.63, 3.8) is 0 Å². The largest absolute Gasteiger partial charge is 0.388 e. The smallest absolute Gasteiger partial charge is 0.272 e. The highest BCUT2D eigenvalue weighted by Crippen LogP contribution is 2.25. The van der Waals surface area contributed by atoms with Gasteiger partial charge in [0.1, 0.15) is 5.69 Å². The molecule has 98 valence electrons. The van der Waals surface area contributed by atoms with Crippen molar-refractivity contribution < 1.29 is 4.79 Å². The Hall–Kier alpha value is -1.23. The van der Waals surface area contributed by atoms with E-state index in [2.05, 4.69) is 24.1 Å². The highest BCUT2D eigenvalue weighted by atomic mass is 32.2. The molecule has 1 amide bonds. The van der Waals surface area contributed by atoms with Gasteiger partial charge < -0.3 is 10.2 Å². The topological polar surface area (TPSA) is 45.2 Å². The molecule has 0 spiro atoms. The molecule has 2 atom stereocenters. The summed E-state index contributed by atoms with van der Waals surface area (Å²) in [4.78, 5) is 18.5. The minimum atomic E-state index is 0.0334. The number of nitrogens with zero attached hydrogens (tertiary/aromatic N) is 2. The van der Waals surface area contributed by atoms with Crippen LogP contribution in [0.15, 0.2) is 18.3 Å². The summed E-state index contributed by atoms with van der Waals surface area (Å²) in [5.41, 5.74) is 1.44. The quantitative estimate of drug-likeness (QED) is 0.889. The predicted octanol–water partition coefficient (Wildman–Crippen LogP) is 2.09. The van der Waals surface area contributed by atoms with E-state index in [1.165, 1.54) is 0 Å². The predicted molar refractivity (Wildman–Crippen MR) is 76.2 cm³/mol. The van der Waals surface area contributed by atoms with Crippen LogP contribution < -0.4 is 5.32 Å². The average Bonchev–Trinajstić information content (AvgIpc) is 2.37. The lowest BCUT2D eigenvalue weighted by Gasteiger charge is -2.34. The van der Waals surface area contributed by atoms with E-state index in [0.29, 0.717) is 16.2 Å². The van der Waals surface area contributed by atoms with Crippen LogP contribution in [0.4, 0.5) is 5.69 Å². The lowest BCUT2D eigenvalue weighted by Crippen LogP contribution is -2.44. The molecule has 5 heteroatoms. The van der Waals surface area contributed by atoms with E-state index in [-0.39, 0.29) is 5.91 Å². The van der Waals surface area contributed by atoms with Crippen LogP contribution in [0, 0.1) is 0 Å². The maximum Gasteiger partial charge on any atom is 0.272 e. The molecular weight excluding hydrogens is 246 g/mol. The van der Waals surface area contributed by atoms with Crippen molar-refractivity contribution in [2.75, 3.05) is 25.5 Å². The number of amides is 1. The molecule has 0 saturated carbocycles. The molecule has 18 heavy (non-hydrogen) atoms. The first-order valence-corrected chi connectivity index (χ1v) is 7.13. The fourth-order valence-electron chi connectivity index (χ4n) is 2.21. The van der Waals surface area contributed by atoms with Gasteiger partial charge in [-0.15, -0.1) is 0 Å². The highest BCUT2D eigenvalue weighted by molar-refractivity contribution is 8.00. The standard InChI is InChI=1S/C13H19N3OS/c1-9-7-16(8-10(2)18-9)13(17)12-6-11(14-3)4-5-15-12/h4-6,9-10H,7-8H2,1-3H3,(H,14,15). The Bertz CT molecular complexity index is 428. The summed E-state index contributed by atoms with van der Waals surface area (Å²) in [6.45, 7) is 5.94. The average molecular weight is 265 g/mol. The number of rotatable bonds is 2. The van der Waals surface area contributed by atoms with Crippen molar-refractivity contribution >= 4 is 23.4 Å². The van der Waals surface area contributed by atoms with Crippen LogP contribution in [0.25, 0.3) is 0 Å². The molecule has 0 aliphatic carbocycles. The number of hydrogen-bond donors (Lipinski definition) is 1. The van der Waals surface area contributed by atoms with E-state index in [1.54, 1.807) is 12.3 Å².